The third kappa shape index (κ3) is 3.09. The van der Waals surface area contributed by atoms with Crippen molar-refractivity contribution >= 4 is 11.5 Å². The van der Waals surface area contributed by atoms with E-state index in [9.17, 15) is 0 Å². The lowest BCUT2D eigenvalue weighted by Crippen LogP contribution is -1.95. The molecule has 14 heavy (non-hydrogen) atoms. The van der Waals surface area contributed by atoms with Gasteiger partial charge in [-0.25, -0.2) is 0 Å². The van der Waals surface area contributed by atoms with E-state index in [-0.39, 0.29) is 0 Å². The van der Waals surface area contributed by atoms with Gasteiger partial charge in [0.05, 0.1) is 5.69 Å². The summed E-state index contributed by atoms with van der Waals surface area (Å²) < 4.78 is 4.40. The summed E-state index contributed by atoms with van der Waals surface area (Å²) in [5.41, 5.74) is 2.69. The topological polar surface area (TPSA) is 12.9 Å². The van der Waals surface area contributed by atoms with E-state index in [1.54, 1.807) is 11.5 Å². The number of hydrogen-bond donors (Lipinski definition) is 0. The number of aryl methyl sites for hydroxylation is 1. The summed E-state index contributed by atoms with van der Waals surface area (Å²) in [5, 5.41) is 0. The van der Waals surface area contributed by atoms with E-state index in [2.05, 4.69) is 39.0 Å². The van der Waals surface area contributed by atoms with Crippen LogP contribution in [0.2, 0.25) is 0 Å². The van der Waals surface area contributed by atoms with Gasteiger partial charge in [0.25, 0.3) is 0 Å². The predicted octanol–water partition coefficient (Wildman–Crippen LogP) is 4.72. The van der Waals surface area contributed by atoms with Crippen molar-refractivity contribution in [1.82, 2.24) is 4.37 Å². The number of rotatable bonds is 2. The smallest absolute Gasteiger partial charge is 0.0548 e. The summed E-state index contributed by atoms with van der Waals surface area (Å²) in [6, 6.07) is 0. The van der Waals surface area contributed by atoms with Crippen LogP contribution in [0.5, 0.6) is 0 Å². The second-order valence-corrected chi connectivity index (χ2v) is 4.66. The van der Waals surface area contributed by atoms with E-state index < -0.39 is 0 Å². The van der Waals surface area contributed by atoms with E-state index in [1.807, 2.05) is 13.8 Å². The monoisotopic (exact) mass is 213 g/mol. The molecule has 0 amide bonds. The lowest BCUT2D eigenvalue weighted by molar-refractivity contribution is 0.801. The van der Waals surface area contributed by atoms with Crippen molar-refractivity contribution in [3.63, 3.8) is 0 Å². The third-order valence-corrected chi connectivity index (χ3v) is 3.29. The van der Waals surface area contributed by atoms with Gasteiger partial charge in [0.2, 0.25) is 0 Å². The zero-order valence-corrected chi connectivity index (χ0v) is 11.3. The van der Waals surface area contributed by atoms with Gasteiger partial charge >= 0.3 is 0 Å². The van der Waals surface area contributed by atoms with Crippen LogP contribution >= 0.6 is 11.5 Å². The summed E-state index contributed by atoms with van der Waals surface area (Å²) in [7, 11) is 0. The molecule has 0 N–H and O–H groups in total. The maximum absolute atomic E-state index is 4.40. The Labute approximate surface area is 92.7 Å². The molecule has 0 aliphatic heterocycles. The Kier molecular flexibility index (Phi) is 6.01. The minimum absolute atomic E-state index is 0.612. The first-order chi connectivity index (χ1) is 6.54. The Morgan fingerprint density at radius 1 is 1.00 bits per heavy atom. The van der Waals surface area contributed by atoms with Gasteiger partial charge in [0.1, 0.15) is 0 Å². The molecule has 1 heterocycles. The van der Waals surface area contributed by atoms with E-state index >= 15 is 0 Å². The summed E-state index contributed by atoms with van der Waals surface area (Å²) in [4.78, 5) is 1.46. The normalized spacial score (nSPS) is 10.4. The van der Waals surface area contributed by atoms with Gasteiger partial charge < -0.3 is 0 Å². The van der Waals surface area contributed by atoms with Crippen LogP contribution < -0.4 is 0 Å². The van der Waals surface area contributed by atoms with Gasteiger partial charge in [0, 0.05) is 4.88 Å². The summed E-state index contributed by atoms with van der Waals surface area (Å²) >= 11 is 1.66. The molecule has 2 heteroatoms. The lowest BCUT2D eigenvalue weighted by atomic mass is 9.97. The minimum atomic E-state index is 0.612. The largest absolute Gasteiger partial charge is 0.197 e. The van der Waals surface area contributed by atoms with E-state index in [0.29, 0.717) is 11.8 Å². The molecule has 82 valence electrons. The fourth-order valence-electron chi connectivity index (χ4n) is 1.51. The second kappa shape index (κ2) is 6.18. The first kappa shape index (κ1) is 13.6. The van der Waals surface area contributed by atoms with E-state index in [0.717, 1.165) is 0 Å². The Balaban J connectivity index is 0.000000791. The molecule has 1 nitrogen and oxygen atoms in total. The van der Waals surface area contributed by atoms with Crippen LogP contribution in [-0.4, -0.2) is 4.37 Å². The maximum Gasteiger partial charge on any atom is 0.0548 e. The molecule has 0 spiro atoms. The van der Waals surface area contributed by atoms with Crippen molar-refractivity contribution < 1.29 is 0 Å². The van der Waals surface area contributed by atoms with Crippen LogP contribution in [0.1, 0.15) is 69.5 Å². The summed E-state index contributed by atoms with van der Waals surface area (Å²) in [6.45, 7) is 15.1. The molecule has 0 aliphatic carbocycles. The molecule has 1 aromatic heterocycles. The van der Waals surface area contributed by atoms with E-state index in [1.165, 1.54) is 16.1 Å². The molecule has 0 radical (unpaired) electrons. The zero-order chi connectivity index (χ0) is 11.3. The molecule has 0 aromatic carbocycles. The highest BCUT2D eigenvalue weighted by Gasteiger charge is 2.15. The molecular weight excluding hydrogens is 190 g/mol. The van der Waals surface area contributed by atoms with Gasteiger partial charge in [-0.2, -0.15) is 4.37 Å². The van der Waals surface area contributed by atoms with Crippen molar-refractivity contribution in [2.24, 2.45) is 0 Å². The maximum atomic E-state index is 4.40. The number of aromatic nitrogens is 1. The first-order valence-electron chi connectivity index (χ1n) is 5.50. The molecule has 0 saturated heterocycles. The molecule has 1 rings (SSSR count). The second-order valence-electron chi connectivity index (χ2n) is 3.86. The molecule has 0 aliphatic rings. The fourth-order valence-corrected chi connectivity index (χ4v) is 2.54. The Morgan fingerprint density at radius 2 is 1.50 bits per heavy atom. The van der Waals surface area contributed by atoms with Gasteiger partial charge in [-0.3, -0.25) is 0 Å². The fraction of sp³-hybridized carbons (Fsp3) is 0.750. The molecule has 0 fully saturated rings. The Hall–Kier alpha value is -0.370. The molecule has 1 aromatic rings. The lowest BCUT2D eigenvalue weighted by Gasteiger charge is -2.09. The average Bonchev–Trinajstić information content (AvgIpc) is 2.50. The number of nitrogens with zero attached hydrogens (tertiary/aromatic N) is 1. The van der Waals surface area contributed by atoms with Crippen LogP contribution in [0.25, 0.3) is 0 Å². The van der Waals surface area contributed by atoms with Gasteiger partial charge in [0.15, 0.2) is 0 Å². The summed E-state index contributed by atoms with van der Waals surface area (Å²) in [6.07, 6.45) is 0. The van der Waals surface area contributed by atoms with Crippen molar-refractivity contribution in [3.05, 3.63) is 16.1 Å². The van der Waals surface area contributed by atoms with Crippen LogP contribution in [0.4, 0.5) is 0 Å². The van der Waals surface area contributed by atoms with E-state index in [4.69, 9.17) is 0 Å². The van der Waals surface area contributed by atoms with Crippen LogP contribution in [0, 0.1) is 6.92 Å². The minimum Gasteiger partial charge on any atom is -0.197 e. The number of hydrogen-bond acceptors (Lipinski definition) is 2. The highest BCUT2D eigenvalue weighted by molar-refractivity contribution is 7.06. The van der Waals surface area contributed by atoms with Gasteiger partial charge in [-0.1, -0.05) is 41.5 Å². The third-order valence-electron chi connectivity index (χ3n) is 2.04. The molecule has 0 bridgehead atoms. The summed E-state index contributed by atoms with van der Waals surface area (Å²) in [5.74, 6) is 1.23. The SMILES string of the molecule is CC.Cc1nsc(C(C)C)c1C(C)C. The highest BCUT2D eigenvalue weighted by Crippen LogP contribution is 2.31. The van der Waals surface area contributed by atoms with Crippen molar-refractivity contribution in [2.45, 2.75) is 60.3 Å². The molecular formula is C12H23NS. The highest BCUT2D eigenvalue weighted by atomic mass is 32.1. The van der Waals surface area contributed by atoms with Gasteiger partial charge in [-0.15, -0.1) is 0 Å². The Bertz CT molecular complexity index is 261. The van der Waals surface area contributed by atoms with Crippen LogP contribution in [0.15, 0.2) is 0 Å². The molecule has 0 unspecified atom stereocenters. The average molecular weight is 213 g/mol. The predicted molar refractivity (Wildman–Crippen MR) is 66.4 cm³/mol. The molecule has 0 saturated carbocycles. The quantitative estimate of drug-likeness (QED) is 0.692. The molecule has 0 atom stereocenters. The van der Waals surface area contributed by atoms with Crippen molar-refractivity contribution in [3.8, 4) is 0 Å². The van der Waals surface area contributed by atoms with Crippen LogP contribution in [-0.2, 0) is 0 Å². The van der Waals surface area contributed by atoms with Gasteiger partial charge in [-0.05, 0) is 35.9 Å². The van der Waals surface area contributed by atoms with Crippen molar-refractivity contribution in [2.75, 3.05) is 0 Å². The van der Waals surface area contributed by atoms with Crippen LogP contribution in [0.3, 0.4) is 0 Å². The zero-order valence-electron chi connectivity index (χ0n) is 10.5. The first-order valence-corrected chi connectivity index (χ1v) is 6.27. The standard InChI is InChI=1S/C10H17NS.C2H6/c1-6(2)9-8(5)11-12-10(9)7(3)4;1-2/h6-7H,1-5H3;1-2H3. The Morgan fingerprint density at radius 3 is 1.79 bits per heavy atom. The van der Waals surface area contributed by atoms with Crippen molar-refractivity contribution in [1.29, 1.82) is 0 Å².